The first-order valence-corrected chi connectivity index (χ1v) is 9.57. The molecule has 7 nitrogen and oxygen atoms in total. The van der Waals surface area contributed by atoms with Crippen molar-refractivity contribution in [2.24, 2.45) is 0 Å². The molecule has 0 spiro atoms. The first kappa shape index (κ1) is 18.3. The summed E-state index contributed by atoms with van der Waals surface area (Å²) in [6.07, 6.45) is 0.622. The minimum absolute atomic E-state index is 0.195. The molecule has 2 heterocycles. The van der Waals surface area contributed by atoms with Crippen molar-refractivity contribution < 1.29 is 23.7 Å². The maximum atomic E-state index is 12.7. The lowest BCUT2D eigenvalue weighted by Crippen LogP contribution is -2.45. The molecular formula is C21H24N2O5. The summed E-state index contributed by atoms with van der Waals surface area (Å²) in [6.45, 7) is 4.57. The van der Waals surface area contributed by atoms with E-state index in [-0.39, 0.29) is 12.1 Å². The molecule has 2 amide bonds. The van der Waals surface area contributed by atoms with Crippen LogP contribution in [-0.2, 0) is 0 Å². The van der Waals surface area contributed by atoms with Crippen LogP contribution in [0.15, 0.2) is 42.5 Å². The number of hydrogen-bond donors (Lipinski definition) is 1. The maximum absolute atomic E-state index is 12.7. The molecule has 0 aromatic heterocycles. The Hall–Kier alpha value is -3.09. The van der Waals surface area contributed by atoms with E-state index in [1.54, 1.807) is 11.0 Å². The largest absolute Gasteiger partial charge is 0.490 e. The van der Waals surface area contributed by atoms with E-state index in [9.17, 15) is 4.79 Å². The van der Waals surface area contributed by atoms with Crippen molar-refractivity contribution in [1.29, 1.82) is 0 Å². The number of fused-ring (bicyclic) bond motifs is 2. The van der Waals surface area contributed by atoms with E-state index >= 15 is 0 Å². The van der Waals surface area contributed by atoms with Crippen molar-refractivity contribution in [1.82, 2.24) is 4.90 Å². The van der Waals surface area contributed by atoms with Gasteiger partial charge in [-0.2, -0.15) is 0 Å². The molecular weight excluding hydrogens is 360 g/mol. The number of nitrogens with zero attached hydrogens (tertiary/aromatic N) is 1. The van der Waals surface area contributed by atoms with Gasteiger partial charge in [0.25, 0.3) is 0 Å². The second kappa shape index (κ2) is 8.29. The van der Waals surface area contributed by atoms with E-state index in [4.69, 9.17) is 18.9 Å². The van der Waals surface area contributed by atoms with E-state index in [2.05, 4.69) is 5.32 Å². The molecule has 4 rings (SSSR count). The summed E-state index contributed by atoms with van der Waals surface area (Å²) in [6, 6.07) is 12.8. The van der Waals surface area contributed by atoms with Crippen molar-refractivity contribution in [2.75, 3.05) is 38.2 Å². The number of urea groups is 1. The number of carbonyl (C=O) groups excluding carboxylic acids is 1. The topological polar surface area (TPSA) is 69.3 Å². The van der Waals surface area contributed by atoms with Crippen LogP contribution >= 0.6 is 0 Å². The van der Waals surface area contributed by atoms with Gasteiger partial charge in [0, 0.05) is 24.7 Å². The first-order valence-electron chi connectivity index (χ1n) is 9.57. The monoisotopic (exact) mass is 384 g/mol. The fourth-order valence-corrected chi connectivity index (χ4v) is 3.20. The SMILES string of the molecule is CCN(C[C@@H]1COc2ccccc2O1)C(=O)Nc1ccc2c(c1)OCCCO2. The molecule has 0 unspecified atom stereocenters. The standard InChI is InChI=1S/C21H24N2O5/c1-2-23(13-16-14-27-17-6-3-4-7-19(17)28-16)21(24)22-15-8-9-18-20(12-15)26-11-5-10-25-18/h3-4,6-9,12,16H,2,5,10-11,13-14H2,1H3,(H,22,24)/t16-/m1/s1. The zero-order valence-corrected chi connectivity index (χ0v) is 15.8. The zero-order valence-electron chi connectivity index (χ0n) is 15.8. The zero-order chi connectivity index (χ0) is 19.3. The van der Waals surface area contributed by atoms with Crippen LogP contribution in [0.5, 0.6) is 23.0 Å². The maximum Gasteiger partial charge on any atom is 0.321 e. The Bertz CT molecular complexity index is 841. The molecule has 0 radical (unpaired) electrons. The van der Waals surface area contributed by atoms with Crippen LogP contribution in [0.2, 0.25) is 0 Å². The quantitative estimate of drug-likeness (QED) is 0.873. The van der Waals surface area contributed by atoms with Gasteiger partial charge in [-0.05, 0) is 31.2 Å². The Morgan fingerprint density at radius 2 is 1.79 bits per heavy atom. The Kier molecular flexibility index (Phi) is 5.41. The highest BCUT2D eigenvalue weighted by Crippen LogP contribution is 2.33. The van der Waals surface area contributed by atoms with Crippen LogP contribution in [0.25, 0.3) is 0 Å². The number of benzene rings is 2. The average molecular weight is 384 g/mol. The van der Waals surface area contributed by atoms with Gasteiger partial charge in [0.2, 0.25) is 0 Å². The van der Waals surface area contributed by atoms with Crippen LogP contribution in [0.1, 0.15) is 13.3 Å². The number of para-hydroxylation sites is 2. The summed E-state index contributed by atoms with van der Waals surface area (Å²) in [5, 5.41) is 2.93. The molecule has 2 aromatic carbocycles. The van der Waals surface area contributed by atoms with E-state index < -0.39 is 0 Å². The molecule has 0 fully saturated rings. The van der Waals surface area contributed by atoms with Gasteiger partial charge in [0.05, 0.1) is 19.8 Å². The van der Waals surface area contributed by atoms with Gasteiger partial charge in [-0.15, -0.1) is 0 Å². The molecule has 2 aromatic rings. The fraction of sp³-hybridized carbons (Fsp3) is 0.381. The number of nitrogens with one attached hydrogen (secondary N) is 1. The molecule has 148 valence electrons. The van der Waals surface area contributed by atoms with Crippen LogP contribution in [0, 0.1) is 0 Å². The van der Waals surface area contributed by atoms with Crippen molar-refractivity contribution in [3.63, 3.8) is 0 Å². The van der Waals surface area contributed by atoms with Gasteiger partial charge in [0.1, 0.15) is 6.61 Å². The van der Waals surface area contributed by atoms with Gasteiger partial charge in [-0.1, -0.05) is 12.1 Å². The molecule has 0 saturated carbocycles. The molecule has 2 aliphatic rings. The number of likely N-dealkylation sites (N-methyl/N-ethyl adjacent to an activating group) is 1. The Morgan fingerprint density at radius 3 is 2.61 bits per heavy atom. The smallest absolute Gasteiger partial charge is 0.321 e. The summed E-state index contributed by atoms with van der Waals surface area (Å²) >= 11 is 0. The summed E-state index contributed by atoms with van der Waals surface area (Å²) in [7, 11) is 0. The van der Waals surface area contributed by atoms with Gasteiger partial charge in [0.15, 0.2) is 29.1 Å². The third-order valence-electron chi connectivity index (χ3n) is 4.66. The predicted molar refractivity (Wildman–Crippen MR) is 105 cm³/mol. The van der Waals surface area contributed by atoms with Gasteiger partial charge < -0.3 is 29.2 Å². The molecule has 2 aliphatic heterocycles. The van der Waals surface area contributed by atoms with E-state index in [1.165, 1.54) is 0 Å². The number of anilines is 1. The van der Waals surface area contributed by atoms with Crippen molar-refractivity contribution in [3.8, 4) is 23.0 Å². The van der Waals surface area contributed by atoms with Gasteiger partial charge >= 0.3 is 6.03 Å². The Morgan fingerprint density at radius 1 is 1.04 bits per heavy atom. The molecule has 0 saturated heterocycles. The number of ether oxygens (including phenoxy) is 4. The predicted octanol–water partition coefficient (Wildman–Crippen LogP) is 3.54. The Balaban J connectivity index is 1.39. The van der Waals surface area contributed by atoms with Gasteiger partial charge in [-0.3, -0.25) is 0 Å². The lowest BCUT2D eigenvalue weighted by molar-refractivity contribution is 0.0693. The lowest BCUT2D eigenvalue weighted by atomic mass is 10.2. The molecule has 0 bridgehead atoms. The van der Waals surface area contributed by atoms with Crippen LogP contribution in [0.4, 0.5) is 10.5 Å². The normalized spacial score (nSPS) is 17.4. The highest BCUT2D eigenvalue weighted by Gasteiger charge is 2.25. The first-order chi connectivity index (χ1) is 13.7. The number of amides is 2. The molecule has 28 heavy (non-hydrogen) atoms. The lowest BCUT2D eigenvalue weighted by Gasteiger charge is -2.31. The summed E-state index contributed by atoms with van der Waals surface area (Å²) in [5.41, 5.74) is 0.666. The van der Waals surface area contributed by atoms with E-state index in [0.717, 1.165) is 12.2 Å². The molecule has 7 heteroatoms. The van der Waals surface area contributed by atoms with Gasteiger partial charge in [-0.25, -0.2) is 4.79 Å². The number of hydrogen-bond acceptors (Lipinski definition) is 5. The summed E-state index contributed by atoms with van der Waals surface area (Å²) in [5.74, 6) is 2.80. The highest BCUT2D eigenvalue weighted by atomic mass is 16.6. The van der Waals surface area contributed by atoms with Crippen molar-refractivity contribution in [3.05, 3.63) is 42.5 Å². The highest BCUT2D eigenvalue weighted by molar-refractivity contribution is 5.89. The molecule has 1 atom stereocenters. The average Bonchev–Trinajstić information content (AvgIpc) is 2.96. The molecule has 0 aliphatic carbocycles. The summed E-state index contributed by atoms with van der Waals surface area (Å²) < 4.78 is 23.0. The van der Waals surface area contributed by atoms with Crippen LogP contribution in [0.3, 0.4) is 0 Å². The second-order valence-electron chi connectivity index (χ2n) is 6.68. The minimum Gasteiger partial charge on any atom is -0.490 e. The number of carbonyl (C=O) groups is 1. The third kappa shape index (κ3) is 4.08. The van der Waals surface area contributed by atoms with E-state index in [0.29, 0.717) is 55.8 Å². The van der Waals surface area contributed by atoms with E-state index in [1.807, 2.05) is 43.3 Å². The van der Waals surface area contributed by atoms with Crippen LogP contribution < -0.4 is 24.3 Å². The van der Waals surface area contributed by atoms with Crippen molar-refractivity contribution >= 4 is 11.7 Å². The fourth-order valence-electron chi connectivity index (χ4n) is 3.20. The Labute approximate surface area is 164 Å². The molecule has 1 N–H and O–H groups in total. The van der Waals surface area contributed by atoms with Crippen molar-refractivity contribution in [2.45, 2.75) is 19.4 Å². The second-order valence-corrected chi connectivity index (χ2v) is 6.68. The number of rotatable bonds is 4. The third-order valence-corrected chi connectivity index (χ3v) is 4.66. The van der Waals surface area contributed by atoms with Crippen LogP contribution in [-0.4, -0.2) is 49.9 Å². The minimum atomic E-state index is -0.218. The summed E-state index contributed by atoms with van der Waals surface area (Å²) in [4.78, 5) is 14.4.